The number of likely N-dealkylation sites (tertiary alicyclic amines) is 1. The van der Waals surface area contributed by atoms with Crippen LogP contribution in [0.1, 0.15) is 20.8 Å². The van der Waals surface area contributed by atoms with Crippen molar-refractivity contribution in [3.8, 4) is 0 Å². The van der Waals surface area contributed by atoms with Crippen LogP contribution in [0.2, 0.25) is 0 Å². The number of nitrogens with zero attached hydrogens (tertiary/aromatic N) is 1. The minimum atomic E-state index is -0.240. The van der Waals surface area contributed by atoms with E-state index in [1.54, 1.807) is 0 Å². The Balaban J connectivity index is 2.23. The molecule has 1 rings (SSSR count). The zero-order valence-corrected chi connectivity index (χ0v) is 9.16. The third-order valence-electron chi connectivity index (χ3n) is 2.50. The van der Waals surface area contributed by atoms with Gasteiger partial charge in [-0.05, 0) is 12.8 Å². The van der Waals surface area contributed by atoms with Gasteiger partial charge in [0, 0.05) is 19.6 Å². The van der Waals surface area contributed by atoms with Gasteiger partial charge in [0.05, 0.1) is 12.1 Å². The standard InChI is InChI=1S/C10H20N2O2/c1-7(2)4-11-10(14)8(3)12-5-9(13)6-12/h7-9,13H,4-6H2,1-3H3,(H,11,14). The van der Waals surface area contributed by atoms with Crippen LogP contribution >= 0.6 is 0 Å². The van der Waals surface area contributed by atoms with Gasteiger partial charge < -0.3 is 10.4 Å². The Morgan fingerprint density at radius 2 is 2.07 bits per heavy atom. The average molecular weight is 200 g/mol. The van der Waals surface area contributed by atoms with Gasteiger partial charge in [-0.1, -0.05) is 13.8 Å². The number of hydrogen-bond donors (Lipinski definition) is 2. The van der Waals surface area contributed by atoms with Crippen molar-refractivity contribution in [1.82, 2.24) is 10.2 Å². The molecule has 0 aliphatic carbocycles. The van der Waals surface area contributed by atoms with E-state index in [9.17, 15) is 4.79 Å². The number of rotatable bonds is 4. The lowest BCUT2D eigenvalue weighted by Crippen LogP contribution is -2.58. The minimum absolute atomic E-state index is 0.0607. The number of carbonyl (C=O) groups excluding carboxylic acids is 1. The summed E-state index contributed by atoms with van der Waals surface area (Å²) >= 11 is 0. The second-order valence-corrected chi connectivity index (χ2v) is 4.42. The minimum Gasteiger partial charge on any atom is -0.390 e. The summed E-state index contributed by atoms with van der Waals surface area (Å²) in [6, 6.07) is -0.114. The first-order chi connectivity index (χ1) is 6.50. The van der Waals surface area contributed by atoms with E-state index in [1.807, 2.05) is 11.8 Å². The van der Waals surface area contributed by atoms with Crippen molar-refractivity contribution in [2.75, 3.05) is 19.6 Å². The van der Waals surface area contributed by atoms with Gasteiger partial charge in [-0.15, -0.1) is 0 Å². The summed E-state index contributed by atoms with van der Waals surface area (Å²) in [7, 11) is 0. The quantitative estimate of drug-likeness (QED) is 0.662. The van der Waals surface area contributed by atoms with Crippen molar-refractivity contribution in [2.45, 2.75) is 32.9 Å². The number of carbonyl (C=O) groups is 1. The van der Waals surface area contributed by atoms with Crippen LogP contribution in [0.5, 0.6) is 0 Å². The molecule has 1 aliphatic heterocycles. The molecule has 0 saturated carbocycles. The monoisotopic (exact) mass is 200 g/mol. The van der Waals surface area contributed by atoms with Crippen LogP contribution in [0.4, 0.5) is 0 Å². The van der Waals surface area contributed by atoms with Crippen molar-refractivity contribution < 1.29 is 9.90 Å². The number of aliphatic hydroxyl groups is 1. The average Bonchev–Trinajstić information content (AvgIpc) is 2.07. The predicted octanol–water partition coefficient (Wildman–Crippen LogP) is -0.176. The second kappa shape index (κ2) is 4.75. The van der Waals surface area contributed by atoms with E-state index in [4.69, 9.17) is 5.11 Å². The molecule has 0 aromatic carbocycles. The first kappa shape index (κ1) is 11.5. The molecule has 82 valence electrons. The van der Waals surface area contributed by atoms with Gasteiger partial charge >= 0.3 is 0 Å². The Kier molecular flexibility index (Phi) is 3.89. The number of β-amino-alcohol motifs (C(OH)–C–C–N with tert-alkyl or cyclic N) is 1. The molecule has 14 heavy (non-hydrogen) atoms. The lowest BCUT2D eigenvalue weighted by atomic mass is 10.1. The highest BCUT2D eigenvalue weighted by Gasteiger charge is 2.31. The highest BCUT2D eigenvalue weighted by molar-refractivity contribution is 5.81. The van der Waals surface area contributed by atoms with Crippen LogP contribution < -0.4 is 5.32 Å². The maximum absolute atomic E-state index is 11.6. The van der Waals surface area contributed by atoms with E-state index in [2.05, 4.69) is 19.2 Å². The third kappa shape index (κ3) is 2.96. The molecule has 0 aromatic heterocycles. The molecule has 4 nitrogen and oxygen atoms in total. The number of hydrogen-bond acceptors (Lipinski definition) is 3. The van der Waals surface area contributed by atoms with Crippen LogP contribution in [-0.2, 0) is 4.79 Å². The molecule has 0 spiro atoms. The molecule has 0 bridgehead atoms. The Hall–Kier alpha value is -0.610. The Bertz CT molecular complexity index is 200. The lowest BCUT2D eigenvalue weighted by molar-refractivity contribution is -0.130. The van der Waals surface area contributed by atoms with Crippen LogP contribution in [0.3, 0.4) is 0 Å². The molecule has 1 saturated heterocycles. The summed E-state index contributed by atoms with van der Waals surface area (Å²) < 4.78 is 0. The fourth-order valence-corrected chi connectivity index (χ4v) is 1.42. The predicted molar refractivity (Wildman–Crippen MR) is 54.9 cm³/mol. The van der Waals surface area contributed by atoms with Crippen molar-refractivity contribution in [3.63, 3.8) is 0 Å². The number of amides is 1. The molecule has 1 aliphatic rings. The molecule has 1 amide bonds. The molecule has 1 atom stereocenters. The molecular formula is C10H20N2O2. The summed E-state index contributed by atoms with van der Waals surface area (Å²) in [5, 5.41) is 12.0. The van der Waals surface area contributed by atoms with E-state index < -0.39 is 0 Å². The maximum Gasteiger partial charge on any atom is 0.237 e. The van der Waals surface area contributed by atoms with Gasteiger partial charge in [0.2, 0.25) is 5.91 Å². The van der Waals surface area contributed by atoms with Crippen LogP contribution in [0.25, 0.3) is 0 Å². The van der Waals surface area contributed by atoms with Crippen LogP contribution in [-0.4, -0.2) is 47.7 Å². The van der Waals surface area contributed by atoms with Gasteiger partial charge in [0.15, 0.2) is 0 Å². The van der Waals surface area contributed by atoms with Crippen molar-refractivity contribution in [3.05, 3.63) is 0 Å². The lowest BCUT2D eigenvalue weighted by Gasteiger charge is -2.39. The summed E-state index contributed by atoms with van der Waals surface area (Å²) in [6.07, 6.45) is -0.240. The zero-order chi connectivity index (χ0) is 10.7. The topological polar surface area (TPSA) is 52.6 Å². The van der Waals surface area contributed by atoms with Crippen LogP contribution in [0.15, 0.2) is 0 Å². The van der Waals surface area contributed by atoms with E-state index in [0.717, 1.165) is 6.54 Å². The Morgan fingerprint density at radius 3 is 2.50 bits per heavy atom. The number of nitrogens with one attached hydrogen (secondary N) is 1. The summed E-state index contributed by atoms with van der Waals surface area (Å²) in [5.74, 6) is 0.540. The third-order valence-corrected chi connectivity index (χ3v) is 2.50. The second-order valence-electron chi connectivity index (χ2n) is 4.42. The molecule has 1 heterocycles. The fraction of sp³-hybridized carbons (Fsp3) is 0.900. The molecule has 1 fully saturated rings. The highest BCUT2D eigenvalue weighted by atomic mass is 16.3. The Morgan fingerprint density at radius 1 is 1.50 bits per heavy atom. The summed E-state index contributed by atoms with van der Waals surface area (Å²) in [6.45, 7) is 7.98. The van der Waals surface area contributed by atoms with Gasteiger partial charge in [-0.3, -0.25) is 9.69 Å². The van der Waals surface area contributed by atoms with E-state index >= 15 is 0 Å². The first-order valence-electron chi connectivity index (χ1n) is 5.20. The normalized spacial score (nSPS) is 20.6. The molecule has 0 aromatic rings. The molecule has 2 N–H and O–H groups in total. The van der Waals surface area contributed by atoms with E-state index in [0.29, 0.717) is 19.0 Å². The van der Waals surface area contributed by atoms with Crippen molar-refractivity contribution >= 4 is 5.91 Å². The summed E-state index contributed by atoms with van der Waals surface area (Å²) in [5.41, 5.74) is 0. The molecule has 1 unspecified atom stereocenters. The van der Waals surface area contributed by atoms with Gasteiger partial charge in [-0.2, -0.15) is 0 Å². The van der Waals surface area contributed by atoms with Gasteiger partial charge in [0.1, 0.15) is 0 Å². The van der Waals surface area contributed by atoms with Crippen molar-refractivity contribution in [1.29, 1.82) is 0 Å². The smallest absolute Gasteiger partial charge is 0.237 e. The van der Waals surface area contributed by atoms with Gasteiger partial charge in [0.25, 0.3) is 0 Å². The van der Waals surface area contributed by atoms with Crippen molar-refractivity contribution in [2.24, 2.45) is 5.92 Å². The molecule has 0 radical (unpaired) electrons. The maximum atomic E-state index is 11.6. The fourth-order valence-electron chi connectivity index (χ4n) is 1.42. The van der Waals surface area contributed by atoms with E-state index in [1.165, 1.54) is 0 Å². The number of aliphatic hydroxyl groups excluding tert-OH is 1. The Labute approximate surface area is 85.3 Å². The molecule has 4 heteroatoms. The van der Waals surface area contributed by atoms with Crippen LogP contribution in [0, 0.1) is 5.92 Å². The largest absolute Gasteiger partial charge is 0.390 e. The van der Waals surface area contributed by atoms with E-state index in [-0.39, 0.29) is 18.1 Å². The highest BCUT2D eigenvalue weighted by Crippen LogP contribution is 2.11. The molecular weight excluding hydrogens is 180 g/mol. The zero-order valence-electron chi connectivity index (χ0n) is 9.16. The first-order valence-corrected chi connectivity index (χ1v) is 5.20. The summed E-state index contributed by atoms with van der Waals surface area (Å²) in [4.78, 5) is 13.5. The van der Waals surface area contributed by atoms with Gasteiger partial charge in [-0.25, -0.2) is 0 Å². The SMILES string of the molecule is CC(C)CNC(=O)C(C)N1CC(O)C1.